The Kier molecular flexibility index (Phi) is 5.40. The van der Waals surface area contributed by atoms with Crippen LogP contribution in [0.2, 0.25) is 0 Å². The predicted molar refractivity (Wildman–Crippen MR) is 70.8 cm³/mol. The maximum Gasteiger partial charge on any atom is 0.389 e. The van der Waals surface area contributed by atoms with Gasteiger partial charge in [0.1, 0.15) is 10.7 Å². The van der Waals surface area contributed by atoms with E-state index in [1.807, 2.05) is 0 Å². The third-order valence-corrected chi connectivity index (χ3v) is 2.96. The largest absolute Gasteiger partial charge is 0.494 e. The van der Waals surface area contributed by atoms with Gasteiger partial charge in [0.2, 0.25) is 0 Å². The first kappa shape index (κ1) is 15.2. The summed E-state index contributed by atoms with van der Waals surface area (Å²) in [5.41, 5.74) is 6.13. The summed E-state index contributed by atoms with van der Waals surface area (Å²) in [6.07, 6.45) is -5.06. The molecule has 0 saturated carbocycles. The minimum atomic E-state index is -4.14. The van der Waals surface area contributed by atoms with Crippen LogP contribution in [0.25, 0.3) is 0 Å². The minimum absolute atomic E-state index is 0.0123. The molecule has 0 aliphatic heterocycles. The van der Waals surface area contributed by atoms with Crippen LogP contribution in [0, 0.1) is 0 Å². The Bertz CT molecular complexity index is 437. The van der Waals surface area contributed by atoms with Crippen molar-refractivity contribution >= 4 is 33.1 Å². The average molecular weight is 342 g/mol. The molecule has 0 fully saturated rings. The normalized spacial score (nSPS) is 11.3. The number of hydrogen-bond donors (Lipinski definition) is 1. The highest BCUT2D eigenvalue weighted by Crippen LogP contribution is 2.24. The third-order valence-electron chi connectivity index (χ3n) is 2.08. The quantitative estimate of drug-likeness (QED) is 0.653. The molecule has 1 rings (SSSR count). The molecular formula is C11H11BrF3NOS. The van der Waals surface area contributed by atoms with E-state index >= 15 is 0 Å². The Morgan fingerprint density at radius 1 is 1.39 bits per heavy atom. The molecular weight excluding hydrogens is 331 g/mol. The van der Waals surface area contributed by atoms with Crippen LogP contribution in [-0.2, 0) is 0 Å². The summed E-state index contributed by atoms with van der Waals surface area (Å²) in [6, 6.07) is 4.90. The number of ether oxygens (including phenoxy) is 1. The maximum atomic E-state index is 11.9. The van der Waals surface area contributed by atoms with Crippen molar-refractivity contribution in [2.24, 2.45) is 5.73 Å². The van der Waals surface area contributed by atoms with Gasteiger partial charge in [-0.05, 0) is 40.5 Å². The summed E-state index contributed by atoms with van der Waals surface area (Å²) in [5.74, 6) is 0.476. The fourth-order valence-corrected chi connectivity index (χ4v) is 2.13. The Balaban J connectivity index is 2.49. The highest BCUT2D eigenvalue weighted by atomic mass is 79.9. The number of rotatable bonds is 5. The van der Waals surface area contributed by atoms with E-state index in [1.165, 1.54) is 0 Å². The number of alkyl halides is 3. The van der Waals surface area contributed by atoms with Crippen molar-refractivity contribution in [3.05, 3.63) is 28.2 Å². The van der Waals surface area contributed by atoms with Gasteiger partial charge in [-0.25, -0.2) is 0 Å². The molecule has 1 aromatic carbocycles. The summed E-state index contributed by atoms with van der Waals surface area (Å²) in [5, 5.41) is 0. The first-order valence-corrected chi connectivity index (χ1v) is 6.28. The summed E-state index contributed by atoms with van der Waals surface area (Å²) in [7, 11) is 0. The number of hydrogen-bond acceptors (Lipinski definition) is 2. The molecule has 0 aliphatic rings. The van der Waals surface area contributed by atoms with Crippen LogP contribution in [0.3, 0.4) is 0 Å². The Labute approximate surface area is 116 Å². The van der Waals surface area contributed by atoms with Crippen LogP contribution in [-0.4, -0.2) is 17.8 Å². The second-order valence-corrected chi connectivity index (χ2v) is 4.87. The first-order chi connectivity index (χ1) is 8.29. The van der Waals surface area contributed by atoms with Gasteiger partial charge in [-0.15, -0.1) is 0 Å². The molecule has 2 N–H and O–H groups in total. The van der Waals surface area contributed by atoms with E-state index in [1.54, 1.807) is 18.2 Å². The van der Waals surface area contributed by atoms with E-state index in [0.717, 1.165) is 0 Å². The molecule has 0 radical (unpaired) electrons. The molecule has 0 spiro atoms. The molecule has 0 unspecified atom stereocenters. The Morgan fingerprint density at radius 3 is 2.56 bits per heavy atom. The lowest BCUT2D eigenvalue weighted by atomic mass is 10.2. The van der Waals surface area contributed by atoms with Crippen molar-refractivity contribution in [3.63, 3.8) is 0 Å². The number of thiocarbonyl (C=S) groups is 1. The summed E-state index contributed by atoms with van der Waals surface area (Å²) in [6.45, 7) is 0.0123. The van der Waals surface area contributed by atoms with Gasteiger partial charge in [0.15, 0.2) is 0 Å². The predicted octanol–water partition coefficient (Wildman–Crippen LogP) is 3.80. The van der Waals surface area contributed by atoms with Crippen molar-refractivity contribution in [1.29, 1.82) is 0 Å². The molecule has 0 heterocycles. The SMILES string of the molecule is NC(=S)c1ccc(OCCCC(F)(F)F)cc1Br. The molecule has 0 bridgehead atoms. The average Bonchev–Trinajstić information content (AvgIpc) is 2.22. The van der Waals surface area contributed by atoms with E-state index < -0.39 is 12.6 Å². The number of halogens is 4. The smallest absolute Gasteiger partial charge is 0.389 e. The van der Waals surface area contributed by atoms with E-state index in [0.29, 0.717) is 15.8 Å². The third kappa shape index (κ3) is 5.22. The molecule has 18 heavy (non-hydrogen) atoms. The second-order valence-electron chi connectivity index (χ2n) is 3.57. The molecule has 1 aromatic rings. The summed E-state index contributed by atoms with van der Waals surface area (Å²) < 4.78 is 41.5. The van der Waals surface area contributed by atoms with Crippen LogP contribution in [0.5, 0.6) is 5.75 Å². The Hall–Kier alpha value is -0.820. The standard InChI is InChI=1S/C11H11BrF3NOS/c12-9-6-7(2-3-8(9)10(16)18)17-5-1-4-11(13,14)15/h2-3,6H,1,4-5H2,(H2,16,18). The topological polar surface area (TPSA) is 35.2 Å². The van der Waals surface area contributed by atoms with Crippen LogP contribution < -0.4 is 10.5 Å². The van der Waals surface area contributed by atoms with Gasteiger partial charge in [0.05, 0.1) is 6.61 Å². The van der Waals surface area contributed by atoms with Crippen molar-refractivity contribution in [3.8, 4) is 5.75 Å². The number of benzene rings is 1. The second kappa shape index (κ2) is 6.38. The van der Waals surface area contributed by atoms with Gasteiger partial charge in [0, 0.05) is 16.5 Å². The molecule has 0 atom stereocenters. The highest BCUT2D eigenvalue weighted by molar-refractivity contribution is 9.10. The van der Waals surface area contributed by atoms with E-state index in [9.17, 15) is 13.2 Å². The lowest BCUT2D eigenvalue weighted by molar-refractivity contribution is -0.136. The number of nitrogens with two attached hydrogens (primary N) is 1. The van der Waals surface area contributed by atoms with Gasteiger partial charge >= 0.3 is 6.18 Å². The molecule has 7 heteroatoms. The summed E-state index contributed by atoms with van der Waals surface area (Å²) >= 11 is 8.08. The van der Waals surface area contributed by atoms with Gasteiger partial charge in [0.25, 0.3) is 0 Å². The van der Waals surface area contributed by atoms with Crippen LogP contribution in [0.1, 0.15) is 18.4 Å². The molecule has 100 valence electrons. The zero-order valence-electron chi connectivity index (χ0n) is 9.26. The van der Waals surface area contributed by atoms with Gasteiger partial charge in [-0.3, -0.25) is 0 Å². The fourth-order valence-electron chi connectivity index (χ4n) is 1.25. The van der Waals surface area contributed by atoms with Crippen molar-refractivity contribution < 1.29 is 17.9 Å². The van der Waals surface area contributed by atoms with Crippen LogP contribution >= 0.6 is 28.1 Å². The van der Waals surface area contributed by atoms with Crippen molar-refractivity contribution in [2.45, 2.75) is 19.0 Å². The zero-order chi connectivity index (χ0) is 13.8. The van der Waals surface area contributed by atoms with Crippen LogP contribution in [0.4, 0.5) is 13.2 Å². The van der Waals surface area contributed by atoms with Gasteiger partial charge < -0.3 is 10.5 Å². The van der Waals surface area contributed by atoms with Crippen molar-refractivity contribution in [2.75, 3.05) is 6.61 Å². The van der Waals surface area contributed by atoms with Crippen molar-refractivity contribution in [1.82, 2.24) is 0 Å². The maximum absolute atomic E-state index is 11.9. The van der Waals surface area contributed by atoms with Crippen LogP contribution in [0.15, 0.2) is 22.7 Å². The van der Waals surface area contributed by atoms with Gasteiger partial charge in [-0.2, -0.15) is 13.2 Å². The molecule has 0 amide bonds. The molecule has 0 aliphatic carbocycles. The fraction of sp³-hybridized carbons (Fsp3) is 0.364. The highest BCUT2D eigenvalue weighted by Gasteiger charge is 2.26. The minimum Gasteiger partial charge on any atom is -0.494 e. The zero-order valence-corrected chi connectivity index (χ0v) is 11.7. The lowest BCUT2D eigenvalue weighted by Crippen LogP contribution is -2.11. The van der Waals surface area contributed by atoms with E-state index in [4.69, 9.17) is 22.7 Å². The van der Waals surface area contributed by atoms with E-state index in [-0.39, 0.29) is 18.0 Å². The molecule has 0 aromatic heterocycles. The monoisotopic (exact) mass is 341 g/mol. The molecule has 0 saturated heterocycles. The van der Waals surface area contributed by atoms with E-state index in [2.05, 4.69) is 15.9 Å². The lowest BCUT2D eigenvalue weighted by Gasteiger charge is -2.09. The Morgan fingerprint density at radius 2 is 2.06 bits per heavy atom. The first-order valence-electron chi connectivity index (χ1n) is 5.08. The molecule has 2 nitrogen and oxygen atoms in total. The summed E-state index contributed by atoms with van der Waals surface area (Å²) in [4.78, 5) is 0.241. The van der Waals surface area contributed by atoms with Gasteiger partial charge in [-0.1, -0.05) is 12.2 Å².